The Labute approximate surface area is 59.0 Å². The maximum Gasteiger partial charge on any atom is 0.320 e. The quantitative estimate of drug-likeness (QED) is 0.606. The summed E-state index contributed by atoms with van der Waals surface area (Å²) >= 11 is 0. The van der Waals surface area contributed by atoms with Crippen molar-refractivity contribution in [2.75, 3.05) is 6.67 Å². The van der Waals surface area contributed by atoms with E-state index in [1.54, 1.807) is 6.92 Å². The van der Waals surface area contributed by atoms with Crippen LogP contribution >= 0.6 is 0 Å². The highest BCUT2D eigenvalue weighted by Crippen LogP contribution is 2.05. The number of carboxylic acid groups (broad SMARTS) is 1. The molecule has 0 aromatic rings. The van der Waals surface area contributed by atoms with Gasteiger partial charge < -0.3 is 10.8 Å². The molecule has 4 heteroatoms. The molecule has 0 aliphatic carbocycles. The zero-order chi connectivity index (χ0) is 8.15. The third-order valence-electron chi connectivity index (χ3n) is 1.46. The second-order valence-corrected chi connectivity index (χ2v) is 2.32. The number of hydrogen-bond donors (Lipinski definition) is 2. The van der Waals surface area contributed by atoms with E-state index in [0.717, 1.165) is 0 Å². The lowest BCUT2D eigenvalue weighted by Gasteiger charge is -2.12. The number of alkyl halides is 1. The molecule has 0 radical (unpaired) electrons. The first-order valence-corrected chi connectivity index (χ1v) is 3.14. The van der Waals surface area contributed by atoms with Crippen LogP contribution in [0.25, 0.3) is 0 Å². The molecule has 3 nitrogen and oxygen atoms in total. The summed E-state index contributed by atoms with van der Waals surface area (Å²) in [4.78, 5) is 10.2. The number of carbonyl (C=O) groups is 1. The Kier molecular flexibility index (Phi) is 3.95. The van der Waals surface area contributed by atoms with E-state index >= 15 is 0 Å². The van der Waals surface area contributed by atoms with Gasteiger partial charge in [0.1, 0.15) is 6.04 Å². The van der Waals surface area contributed by atoms with Crippen molar-refractivity contribution in [1.82, 2.24) is 0 Å². The van der Waals surface area contributed by atoms with Crippen molar-refractivity contribution in [3.8, 4) is 0 Å². The zero-order valence-electron chi connectivity index (χ0n) is 5.88. The maximum absolute atomic E-state index is 11.6. The predicted octanol–water partition coefficient (Wildman–Crippen LogP) is 0.394. The monoisotopic (exact) mass is 148 g/mol. The molecular weight excluding hydrogens is 136 g/mol. The average Bonchev–Trinajstić information content (AvgIpc) is 1.87. The second kappa shape index (κ2) is 4.22. The first kappa shape index (κ1) is 9.36. The van der Waals surface area contributed by atoms with Crippen LogP contribution in [0.15, 0.2) is 0 Å². The number of hydrogen-bond acceptors (Lipinski definition) is 2. The van der Waals surface area contributed by atoms with Gasteiger partial charge in [-0.05, 0) is 12.3 Å². The van der Waals surface area contributed by atoms with Crippen LogP contribution in [0.1, 0.15) is 13.3 Å². The first-order chi connectivity index (χ1) is 4.59. The van der Waals surface area contributed by atoms with Crippen LogP contribution in [-0.4, -0.2) is 23.8 Å². The fraction of sp³-hybridized carbons (Fsp3) is 0.833. The smallest absolute Gasteiger partial charge is 0.320 e. The maximum atomic E-state index is 11.6. The minimum absolute atomic E-state index is 0.216. The highest BCUT2D eigenvalue weighted by molar-refractivity contribution is 5.73. The van der Waals surface area contributed by atoms with E-state index in [9.17, 15) is 9.18 Å². The SMILES string of the molecule is CC(CC[18F])C(N)C(=O)O. The molecule has 0 amide bonds. The van der Waals surface area contributed by atoms with E-state index in [2.05, 4.69) is 0 Å². The van der Waals surface area contributed by atoms with E-state index in [1.165, 1.54) is 0 Å². The molecule has 0 aromatic carbocycles. The fourth-order valence-electron chi connectivity index (χ4n) is 0.595. The van der Waals surface area contributed by atoms with Crippen molar-refractivity contribution in [2.45, 2.75) is 19.4 Å². The van der Waals surface area contributed by atoms with Crippen LogP contribution in [0.5, 0.6) is 0 Å². The topological polar surface area (TPSA) is 63.3 Å². The molecular formula is C6H12FNO2. The van der Waals surface area contributed by atoms with Crippen LogP contribution in [0.2, 0.25) is 0 Å². The molecule has 3 N–H and O–H groups in total. The summed E-state index contributed by atoms with van der Waals surface area (Å²) in [5.74, 6) is -1.36. The molecule has 0 rings (SSSR count). The molecule has 2 atom stereocenters. The van der Waals surface area contributed by atoms with Crippen molar-refractivity contribution < 1.29 is 14.3 Å². The summed E-state index contributed by atoms with van der Waals surface area (Å²) in [6.45, 7) is 1.11. The molecule has 0 aliphatic heterocycles. The Balaban J connectivity index is 3.69. The van der Waals surface area contributed by atoms with Crippen molar-refractivity contribution in [3.05, 3.63) is 0 Å². The molecule has 0 fully saturated rings. The lowest BCUT2D eigenvalue weighted by molar-refractivity contribution is -0.139. The lowest BCUT2D eigenvalue weighted by Crippen LogP contribution is -2.36. The van der Waals surface area contributed by atoms with E-state index in [1.807, 2.05) is 0 Å². The number of aliphatic carboxylic acids is 1. The van der Waals surface area contributed by atoms with E-state index < -0.39 is 18.7 Å². The molecule has 0 saturated heterocycles. The third-order valence-corrected chi connectivity index (χ3v) is 1.46. The van der Waals surface area contributed by atoms with Crippen molar-refractivity contribution in [2.24, 2.45) is 11.7 Å². The summed E-state index contributed by atoms with van der Waals surface area (Å²) < 4.78 is 11.6. The molecule has 60 valence electrons. The summed E-state index contributed by atoms with van der Waals surface area (Å²) in [7, 11) is 0. The number of rotatable bonds is 4. The summed E-state index contributed by atoms with van der Waals surface area (Å²) in [5, 5.41) is 8.33. The Morgan fingerprint density at radius 1 is 1.80 bits per heavy atom. The van der Waals surface area contributed by atoms with Gasteiger partial charge in [-0.25, -0.2) is 0 Å². The predicted molar refractivity (Wildman–Crippen MR) is 35.4 cm³/mol. The van der Waals surface area contributed by atoms with Gasteiger partial charge in [0.05, 0.1) is 6.67 Å². The van der Waals surface area contributed by atoms with E-state index in [4.69, 9.17) is 10.8 Å². The number of nitrogens with two attached hydrogens (primary N) is 1. The van der Waals surface area contributed by atoms with Gasteiger partial charge in [0, 0.05) is 0 Å². The van der Waals surface area contributed by atoms with Crippen LogP contribution in [-0.2, 0) is 4.79 Å². The molecule has 0 bridgehead atoms. The zero-order valence-corrected chi connectivity index (χ0v) is 5.88. The van der Waals surface area contributed by atoms with Crippen LogP contribution < -0.4 is 5.73 Å². The number of halogens is 1. The Morgan fingerprint density at radius 3 is 2.60 bits per heavy atom. The molecule has 2 unspecified atom stereocenters. The highest BCUT2D eigenvalue weighted by atomic mass is 18.2. The minimum Gasteiger partial charge on any atom is -0.480 e. The summed E-state index contributed by atoms with van der Waals surface area (Å²) in [5.41, 5.74) is 5.18. The van der Waals surface area contributed by atoms with Gasteiger partial charge in [0.15, 0.2) is 0 Å². The van der Waals surface area contributed by atoms with Crippen molar-refractivity contribution >= 4 is 5.97 Å². The Morgan fingerprint density at radius 2 is 2.30 bits per heavy atom. The Bertz CT molecular complexity index is 118. The number of carboxylic acids is 1. The van der Waals surface area contributed by atoms with Crippen molar-refractivity contribution in [3.63, 3.8) is 0 Å². The first-order valence-electron chi connectivity index (χ1n) is 3.14. The van der Waals surface area contributed by atoms with Crippen LogP contribution in [0.3, 0.4) is 0 Å². The van der Waals surface area contributed by atoms with Gasteiger partial charge in [-0.15, -0.1) is 0 Å². The standard InChI is InChI=1S/C6H12FNO2/c1-4(2-3-7)5(8)6(9)10/h4-5H,2-3,8H2,1H3,(H,9,10)/i7-1. The molecule has 0 spiro atoms. The van der Waals surface area contributed by atoms with Gasteiger partial charge in [0.2, 0.25) is 0 Å². The largest absolute Gasteiger partial charge is 0.480 e. The molecule has 0 aliphatic rings. The van der Waals surface area contributed by atoms with Gasteiger partial charge in [-0.1, -0.05) is 6.92 Å². The van der Waals surface area contributed by atoms with E-state index in [0.29, 0.717) is 0 Å². The normalized spacial score (nSPS) is 16.3. The van der Waals surface area contributed by atoms with Gasteiger partial charge in [0.25, 0.3) is 0 Å². The van der Waals surface area contributed by atoms with Gasteiger partial charge in [-0.2, -0.15) is 0 Å². The minimum atomic E-state index is -1.07. The summed E-state index contributed by atoms with van der Waals surface area (Å²) in [6.07, 6.45) is 0.216. The molecule has 10 heavy (non-hydrogen) atoms. The Hall–Kier alpha value is -0.640. The molecule has 0 aromatic heterocycles. The van der Waals surface area contributed by atoms with E-state index in [-0.39, 0.29) is 12.3 Å². The van der Waals surface area contributed by atoms with Crippen LogP contribution in [0.4, 0.5) is 4.39 Å². The third kappa shape index (κ3) is 2.77. The lowest BCUT2D eigenvalue weighted by atomic mass is 10.0. The van der Waals surface area contributed by atoms with Gasteiger partial charge >= 0.3 is 5.97 Å². The molecule has 0 saturated carbocycles. The fourth-order valence-corrected chi connectivity index (χ4v) is 0.595. The average molecular weight is 148 g/mol. The molecule has 0 heterocycles. The second-order valence-electron chi connectivity index (χ2n) is 2.32. The van der Waals surface area contributed by atoms with Crippen LogP contribution in [0, 0.1) is 5.92 Å². The van der Waals surface area contributed by atoms with Gasteiger partial charge in [-0.3, -0.25) is 9.18 Å². The highest BCUT2D eigenvalue weighted by Gasteiger charge is 2.18. The summed E-state index contributed by atoms with van der Waals surface area (Å²) in [6, 6.07) is -0.934. The van der Waals surface area contributed by atoms with Crippen molar-refractivity contribution in [1.29, 1.82) is 0 Å².